The highest BCUT2D eigenvalue weighted by Crippen LogP contribution is 2.41. The predicted octanol–water partition coefficient (Wildman–Crippen LogP) is 5.44. The standard InChI is InChI=1S/C22H15ClFNO3S/c1-14-3-2-4-18(11-14)25-13-21(22(26)15-5-7-16(23)8-6-15)29(27,28)20-10-9-17(24)12-19(20)25/h2-13H,1H3. The number of ketones is 1. The number of hydrogen-bond acceptors (Lipinski definition) is 4. The molecule has 0 amide bonds. The normalized spacial score (nSPS) is 14.9. The van der Waals surface area contributed by atoms with Crippen LogP contribution < -0.4 is 4.90 Å². The number of hydrogen-bond donors (Lipinski definition) is 0. The van der Waals surface area contributed by atoms with Gasteiger partial charge in [0.1, 0.15) is 10.7 Å². The molecule has 1 heterocycles. The molecular formula is C22H15ClFNO3S. The van der Waals surface area contributed by atoms with Gasteiger partial charge in [0.15, 0.2) is 0 Å². The Morgan fingerprint density at radius 2 is 1.72 bits per heavy atom. The highest BCUT2D eigenvalue weighted by atomic mass is 35.5. The second kappa shape index (κ2) is 7.13. The van der Waals surface area contributed by atoms with Crippen LogP contribution in [0.3, 0.4) is 0 Å². The van der Waals surface area contributed by atoms with Crippen molar-refractivity contribution in [1.29, 1.82) is 0 Å². The van der Waals surface area contributed by atoms with Crippen LogP contribution in [-0.2, 0) is 9.84 Å². The Morgan fingerprint density at radius 1 is 1.00 bits per heavy atom. The van der Waals surface area contributed by atoms with Gasteiger partial charge in [-0.2, -0.15) is 0 Å². The van der Waals surface area contributed by atoms with Gasteiger partial charge < -0.3 is 4.90 Å². The summed E-state index contributed by atoms with van der Waals surface area (Å²) in [7, 11) is -4.14. The lowest BCUT2D eigenvalue weighted by Crippen LogP contribution is -2.26. The van der Waals surface area contributed by atoms with Gasteiger partial charge in [0.25, 0.3) is 0 Å². The molecule has 3 aromatic rings. The summed E-state index contributed by atoms with van der Waals surface area (Å²) in [5.41, 5.74) is 1.91. The minimum Gasteiger partial charge on any atom is -0.314 e. The smallest absolute Gasteiger partial charge is 0.214 e. The van der Waals surface area contributed by atoms with Gasteiger partial charge in [0.2, 0.25) is 15.6 Å². The molecule has 0 aromatic heterocycles. The van der Waals surface area contributed by atoms with E-state index >= 15 is 0 Å². The molecule has 7 heteroatoms. The van der Waals surface area contributed by atoms with Crippen LogP contribution in [0.2, 0.25) is 5.02 Å². The third-order valence-electron chi connectivity index (χ3n) is 4.62. The molecule has 146 valence electrons. The zero-order valence-electron chi connectivity index (χ0n) is 15.3. The largest absolute Gasteiger partial charge is 0.314 e. The van der Waals surface area contributed by atoms with Crippen molar-refractivity contribution >= 4 is 38.6 Å². The summed E-state index contributed by atoms with van der Waals surface area (Å²) < 4.78 is 40.3. The molecular weight excluding hydrogens is 413 g/mol. The SMILES string of the molecule is Cc1cccc(N2C=C(C(=O)c3ccc(Cl)cc3)S(=O)(=O)c3ccc(F)cc32)c1. The number of halogens is 2. The minimum absolute atomic E-state index is 0.125. The lowest BCUT2D eigenvalue weighted by Gasteiger charge is -2.29. The molecule has 0 spiro atoms. The van der Waals surface area contributed by atoms with Crippen molar-refractivity contribution in [3.63, 3.8) is 0 Å². The predicted molar refractivity (Wildman–Crippen MR) is 111 cm³/mol. The van der Waals surface area contributed by atoms with Crippen molar-refractivity contribution < 1.29 is 17.6 Å². The second-order valence-corrected chi connectivity index (χ2v) is 8.98. The number of fused-ring (bicyclic) bond motifs is 1. The fourth-order valence-corrected chi connectivity index (χ4v) is 4.85. The first-order valence-corrected chi connectivity index (χ1v) is 10.6. The maximum Gasteiger partial charge on any atom is 0.214 e. The molecule has 0 atom stereocenters. The number of aryl methyl sites for hydroxylation is 1. The second-order valence-electron chi connectivity index (χ2n) is 6.65. The Labute approximate surface area is 172 Å². The Bertz CT molecular complexity index is 1270. The molecule has 3 aromatic carbocycles. The number of carbonyl (C=O) groups is 1. The third kappa shape index (κ3) is 3.45. The number of rotatable bonds is 3. The quantitative estimate of drug-likeness (QED) is 0.412. The molecule has 0 saturated carbocycles. The Kier molecular flexibility index (Phi) is 4.76. The van der Waals surface area contributed by atoms with Gasteiger partial charge in [0.05, 0.1) is 10.6 Å². The molecule has 29 heavy (non-hydrogen) atoms. The van der Waals surface area contributed by atoms with E-state index in [0.717, 1.165) is 17.7 Å². The number of anilines is 2. The first-order chi connectivity index (χ1) is 13.8. The highest BCUT2D eigenvalue weighted by Gasteiger charge is 2.36. The monoisotopic (exact) mass is 427 g/mol. The molecule has 1 aliphatic heterocycles. The van der Waals surface area contributed by atoms with E-state index in [4.69, 9.17) is 11.6 Å². The zero-order valence-corrected chi connectivity index (χ0v) is 16.8. The van der Waals surface area contributed by atoms with Crippen molar-refractivity contribution in [2.45, 2.75) is 11.8 Å². The summed E-state index contributed by atoms with van der Waals surface area (Å²) in [6, 6.07) is 16.7. The van der Waals surface area contributed by atoms with E-state index < -0.39 is 21.4 Å². The lowest BCUT2D eigenvalue weighted by atomic mass is 10.1. The summed E-state index contributed by atoms with van der Waals surface area (Å²) in [6.45, 7) is 1.89. The van der Waals surface area contributed by atoms with Crippen LogP contribution in [0.1, 0.15) is 15.9 Å². The van der Waals surface area contributed by atoms with Crippen molar-refractivity contribution in [3.8, 4) is 0 Å². The van der Waals surface area contributed by atoms with Gasteiger partial charge in [-0.05, 0) is 67.1 Å². The molecule has 0 saturated heterocycles. The molecule has 0 unspecified atom stereocenters. The number of nitrogens with zero attached hydrogens (tertiary/aromatic N) is 1. The van der Waals surface area contributed by atoms with E-state index in [-0.39, 0.29) is 21.1 Å². The summed E-state index contributed by atoms with van der Waals surface area (Å²) in [5.74, 6) is -1.23. The van der Waals surface area contributed by atoms with Crippen molar-refractivity contribution in [1.82, 2.24) is 0 Å². The van der Waals surface area contributed by atoms with Gasteiger partial charge in [0, 0.05) is 22.5 Å². The summed E-state index contributed by atoms with van der Waals surface area (Å²) in [5, 5.41) is 0.434. The Hall–Kier alpha value is -2.96. The van der Waals surface area contributed by atoms with E-state index in [1.54, 1.807) is 12.1 Å². The Balaban J connectivity index is 1.94. The first kappa shape index (κ1) is 19.4. The number of Topliss-reactive ketones (excluding diaryl/α,β-unsaturated/α-hetero) is 1. The molecule has 0 radical (unpaired) electrons. The van der Waals surface area contributed by atoms with Gasteiger partial charge in [-0.25, -0.2) is 12.8 Å². The van der Waals surface area contributed by atoms with Crippen LogP contribution >= 0.6 is 11.6 Å². The van der Waals surface area contributed by atoms with Gasteiger partial charge >= 0.3 is 0 Å². The fourth-order valence-electron chi connectivity index (χ4n) is 3.20. The molecule has 4 rings (SSSR count). The average Bonchev–Trinajstić information content (AvgIpc) is 2.68. The number of carbonyl (C=O) groups excluding carboxylic acids is 1. The van der Waals surface area contributed by atoms with E-state index in [2.05, 4.69) is 0 Å². The fraction of sp³-hybridized carbons (Fsp3) is 0.0455. The highest BCUT2D eigenvalue weighted by molar-refractivity contribution is 7.96. The van der Waals surface area contributed by atoms with Crippen molar-refractivity contribution in [2.24, 2.45) is 0 Å². The molecule has 0 N–H and O–H groups in total. The van der Waals surface area contributed by atoms with Crippen LogP contribution in [-0.4, -0.2) is 14.2 Å². The maximum atomic E-state index is 14.0. The summed E-state index contributed by atoms with van der Waals surface area (Å²) in [4.78, 5) is 14.1. The van der Waals surface area contributed by atoms with E-state index in [9.17, 15) is 17.6 Å². The molecule has 0 fully saturated rings. The van der Waals surface area contributed by atoms with Crippen LogP contribution in [0, 0.1) is 12.7 Å². The third-order valence-corrected chi connectivity index (χ3v) is 6.66. The topological polar surface area (TPSA) is 54.5 Å². The molecule has 0 aliphatic carbocycles. The Morgan fingerprint density at radius 3 is 2.41 bits per heavy atom. The van der Waals surface area contributed by atoms with Crippen molar-refractivity contribution in [3.05, 3.63) is 99.8 Å². The number of allylic oxidation sites excluding steroid dienone is 1. The summed E-state index contributed by atoms with van der Waals surface area (Å²) in [6.07, 6.45) is 1.25. The molecule has 0 bridgehead atoms. The zero-order chi connectivity index (χ0) is 20.8. The van der Waals surface area contributed by atoms with Gasteiger partial charge in [-0.3, -0.25) is 4.79 Å². The van der Waals surface area contributed by atoms with Crippen LogP contribution in [0.5, 0.6) is 0 Å². The summed E-state index contributed by atoms with van der Waals surface area (Å²) >= 11 is 5.87. The number of sulfone groups is 1. The average molecular weight is 428 g/mol. The molecule has 4 nitrogen and oxygen atoms in total. The number of benzene rings is 3. The minimum atomic E-state index is -4.14. The van der Waals surface area contributed by atoms with Gasteiger partial charge in [-0.15, -0.1) is 0 Å². The van der Waals surface area contributed by atoms with Crippen LogP contribution in [0.4, 0.5) is 15.8 Å². The van der Waals surface area contributed by atoms with E-state index in [1.165, 1.54) is 41.4 Å². The first-order valence-electron chi connectivity index (χ1n) is 8.70. The van der Waals surface area contributed by atoms with Crippen LogP contribution in [0.25, 0.3) is 0 Å². The van der Waals surface area contributed by atoms with Gasteiger partial charge in [-0.1, -0.05) is 23.7 Å². The van der Waals surface area contributed by atoms with E-state index in [0.29, 0.717) is 10.7 Å². The van der Waals surface area contributed by atoms with Crippen LogP contribution in [0.15, 0.2) is 82.7 Å². The molecule has 1 aliphatic rings. The van der Waals surface area contributed by atoms with E-state index in [1.807, 2.05) is 19.1 Å². The van der Waals surface area contributed by atoms with Crippen molar-refractivity contribution in [2.75, 3.05) is 4.90 Å². The lowest BCUT2D eigenvalue weighted by molar-refractivity contribution is 0.104. The maximum absolute atomic E-state index is 14.0.